The summed E-state index contributed by atoms with van der Waals surface area (Å²) in [7, 11) is -0.722. The Kier molecular flexibility index (Phi) is 10.2. The first-order valence-electron chi connectivity index (χ1n) is 13.6. The molecule has 0 aliphatic heterocycles. The van der Waals surface area contributed by atoms with Gasteiger partial charge in [-0.3, -0.25) is 5.32 Å². The fourth-order valence-electron chi connectivity index (χ4n) is 4.43. The third-order valence-electron chi connectivity index (χ3n) is 6.49. The van der Waals surface area contributed by atoms with Crippen molar-refractivity contribution in [1.82, 2.24) is 20.3 Å². The van der Waals surface area contributed by atoms with Gasteiger partial charge in [0.05, 0.1) is 29.3 Å². The molecular weight excluding hydrogens is 669 g/mol. The number of ether oxygens (including phenoxy) is 2. The van der Waals surface area contributed by atoms with E-state index in [1.807, 2.05) is 49.6 Å². The summed E-state index contributed by atoms with van der Waals surface area (Å²) in [6.07, 6.45) is 1.91. The van der Waals surface area contributed by atoms with E-state index in [1.165, 1.54) is 29.8 Å². The van der Waals surface area contributed by atoms with E-state index in [2.05, 4.69) is 36.5 Å². The standard InChI is InChI=1S/C31H29BrFN5O4S2/c1-18(2)9-30(44(39)40)34-14-29-38-26(16-43-29)22-12-23-25(13-28(22)41-3)35-17-36-31(23)37-21-7-8-27(24(32)11-21)42-15-19-5-4-6-20(33)10-19/h4-8,10-13,16-18,34H,9,14-15H2,1-3H3,(H,35,36,37). The zero-order chi connectivity index (χ0) is 31.2. The van der Waals surface area contributed by atoms with Crippen LogP contribution in [0.5, 0.6) is 11.5 Å². The zero-order valence-electron chi connectivity index (χ0n) is 24.1. The molecular formula is C31H29BrFN5O4S2. The Morgan fingerprint density at radius 1 is 1.09 bits per heavy atom. The third kappa shape index (κ3) is 7.78. The Morgan fingerprint density at radius 3 is 2.66 bits per heavy atom. The number of methoxy groups -OCH3 is 1. The minimum absolute atomic E-state index is 0.202. The number of hydrogen-bond acceptors (Lipinski definition) is 9. The van der Waals surface area contributed by atoms with Crippen molar-refractivity contribution in [3.8, 4) is 22.8 Å². The molecule has 9 nitrogen and oxygen atoms in total. The van der Waals surface area contributed by atoms with Gasteiger partial charge in [-0.2, -0.15) is 8.42 Å². The molecule has 0 radical (unpaired) electrons. The van der Waals surface area contributed by atoms with E-state index < -0.39 is 10.3 Å². The SMILES string of the molecule is COc1cc2ncnc(Nc3ccc(OCc4cccc(F)c4)c(Br)c3)c2cc1-c1csc(CNC(CC(C)C)=S(=O)=O)n1. The molecule has 5 rings (SSSR count). The van der Waals surface area contributed by atoms with E-state index in [0.717, 1.165) is 31.7 Å². The second kappa shape index (κ2) is 14.2. The molecule has 0 bridgehead atoms. The molecule has 0 aliphatic carbocycles. The maximum Gasteiger partial charge on any atom is 0.228 e. The number of fused-ring (bicyclic) bond motifs is 1. The number of anilines is 2. The van der Waals surface area contributed by atoms with Crippen LogP contribution in [0.3, 0.4) is 0 Å². The van der Waals surface area contributed by atoms with Crippen LogP contribution in [0.1, 0.15) is 30.8 Å². The Hall–Kier alpha value is -3.91. The minimum atomic E-state index is -2.31. The Morgan fingerprint density at radius 2 is 1.93 bits per heavy atom. The van der Waals surface area contributed by atoms with E-state index in [1.54, 1.807) is 19.2 Å². The first-order chi connectivity index (χ1) is 21.2. The second-order valence-corrected chi connectivity index (χ2v) is 13.0. The van der Waals surface area contributed by atoms with Crippen LogP contribution in [0.25, 0.3) is 22.2 Å². The fourth-order valence-corrected chi connectivity index (χ4v) is 6.32. The average Bonchev–Trinajstić information content (AvgIpc) is 3.47. The van der Waals surface area contributed by atoms with Crippen molar-refractivity contribution >= 4 is 65.0 Å². The first kappa shape index (κ1) is 31.5. The number of nitrogens with zero attached hydrogens (tertiary/aromatic N) is 3. The van der Waals surface area contributed by atoms with Crippen molar-refractivity contribution in [2.45, 2.75) is 33.4 Å². The van der Waals surface area contributed by atoms with Gasteiger partial charge < -0.3 is 14.8 Å². The molecule has 2 N–H and O–H groups in total. The van der Waals surface area contributed by atoms with Crippen molar-refractivity contribution in [1.29, 1.82) is 0 Å². The Balaban J connectivity index is 1.37. The molecule has 0 amide bonds. The van der Waals surface area contributed by atoms with Gasteiger partial charge in [-0.05, 0) is 70.2 Å². The highest BCUT2D eigenvalue weighted by Crippen LogP contribution is 2.37. The topological polar surface area (TPSA) is 115 Å². The molecule has 44 heavy (non-hydrogen) atoms. The zero-order valence-corrected chi connectivity index (χ0v) is 27.3. The van der Waals surface area contributed by atoms with Crippen LogP contribution in [0, 0.1) is 11.7 Å². The van der Waals surface area contributed by atoms with Crippen LogP contribution in [0.15, 0.2) is 70.8 Å². The summed E-state index contributed by atoms with van der Waals surface area (Å²) in [5, 5.41) is 9.78. The van der Waals surface area contributed by atoms with Gasteiger partial charge in [-0.25, -0.2) is 19.3 Å². The van der Waals surface area contributed by atoms with Crippen molar-refractivity contribution in [3.63, 3.8) is 0 Å². The van der Waals surface area contributed by atoms with E-state index in [-0.39, 0.29) is 23.3 Å². The molecule has 13 heteroatoms. The predicted molar refractivity (Wildman–Crippen MR) is 176 cm³/mol. The van der Waals surface area contributed by atoms with E-state index in [4.69, 9.17) is 14.5 Å². The normalized spacial score (nSPS) is 11.1. The van der Waals surface area contributed by atoms with Crippen LogP contribution in [-0.4, -0.2) is 35.5 Å². The average molecular weight is 699 g/mol. The highest BCUT2D eigenvalue weighted by molar-refractivity contribution is 9.10. The van der Waals surface area contributed by atoms with Crippen LogP contribution >= 0.6 is 27.3 Å². The maximum atomic E-state index is 13.5. The predicted octanol–water partition coefficient (Wildman–Crippen LogP) is 7.13. The molecule has 0 aliphatic rings. The van der Waals surface area contributed by atoms with Gasteiger partial charge in [-0.1, -0.05) is 26.0 Å². The summed E-state index contributed by atoms with van der Waals surface area (Å²) in [6, 6.07) is 15.6. The van der Waals surface area contributed by atoms with Crippen molar-refractivity contribution in [2.24, 2.45) is 5.92 Å². The number of thiazole rings is 1. The summed E-state index contributed by atoms with van der Waals surface area (Å²) in [6.45, 7) is 4.46. The van der Waals surface area contributed by atoms with Gasteiger partial charge in [0.1, 0.15) is 46.1 Å². The maximum absolute atomic E-state index is 13.5. The molecule has 0 saturated heterocycles. The summed E-state index contributed by atoms with van der Waals surface area (Å²) in [5.41, 5.74) is 3.62. The van der Waals surface area contributed by atoms with Crippen LogP contribution in [0.2, 0.25) is 0 Å². The monoisotopic (exact) mass is 697 g/mol. The van der Waals surface area contributed by atoms with Gasteiger partial charge in [0, 0.05) is 28.1 Å². The van der Waals surface area contributed by atoms with Crippen LogP contribution in [-0.2, 0) is 23.4 Å². The van der Waals surface area contributed by atoms with E-state index >= 15 is 0 Å². The Labute approximate surface area is 268 Å². The molecule has 2 aromatic heterocycles. The summed E-state index contributed by atoms with van der Waals surface area (Å²) < 4.78 is 49.0. The number of hydrogen-bond donors (Lipinski definition) is 2. The molecule has 228 valence electrons. The van der Waals surface area contributed by atoms with Crippen molar-refractivity contribution in [3.05, 3.63) is 87.2 Å². The Bertz CT molecular complexity index is 1940. The second-order valence-electron chi connectivity index (χ2n) is 10.2. The highest BCUT2D eigenvalue weighted by Gasteiger charge is 2.16. The number of benzene rings is 3. The smallest absolute Gasteiger partial charge is 0.228 e. The minimum Gasteiger partial charge on any atom is -0.496 e. The number of aromatic nitrogens is 3. The molecule has 2 heterocycles. The lowest BCUT2D eigenvalue weighted by Gasteiger charge is -2.13. The van der Waals surface area contributed by atoms with Gasteiger partial charge in [-0.15, -0.1) is 11.3 Å². The summed E-state index contributed by atoms with van der Waals surface area (Å²) in [4.78, 5) is 13.9. The lowest BCUT2D eigenvalue weighted by atomic mass is 10.1. The number of halogens is 2. The van der Waals surface area contributed by atoms with Gasteiger partial charge >= 0.3 is 0 Å². The molecule has 5 aromatic rings. The van der Waals surface area contributed by atoms with Gasteiger partial charge in [0.25, 0.3) is 0 Å². The van der Waals surface area contributed by atoms with Crippen LogP contribution < -0.4 is 20.1 Å². The van der Waals surface area contributed by atoms with E-state index in [0.29, 0.717) is 41.5 Å². The van der Waals surface area contributed by atoms with Gasteiger partial charge in [0.2, 0.25) is 10.3 Å². The molecule has 0 saturated carbocycles. The number of nitrogens with one attached hydrogen (secondary N) is 2. The van der Waals surface area contributed by atoms with Gasteiger partial charge in [0.15, 0.2) is 0 Å². The first-order valence-corrected chi connectivity index (χ1v) is 16.3. The van der Waals surface area contributed by atoms with Crippen molar-refractivity contribution < 1.29 is 22.3 Å². The molecule has 0 fully saturated rings. The van der Waals surface area contributed by atoms with E-state index in [9.17, 15) is 12.8 Å². The highest BCUT2D eigenvalue weighted by atomic mass is 79.9. The third-order valence-corrected chi connectivity index (χ3v) is 8.68. The lowest BCUT2D eigenvalue weighted by Crippen LogP contribution is -2.25. The summed E-state index contributed by atoms with van der Waals surface area (Å²) >= 11 is 4.99. The molecule has 0 unspecified atom stereocenters. The molecule has 3 aromatic carbocycles. The quantitative estimate of drug-likeness (QED) is 0.139. The summed E-state index contributed by atoms with van der Waals surface area (Å²) in [5.74, 6) is 1.69. The number of rotatable bonds is 11. The lowest BCUT2D eigenvalue weighted by molar-refractivity contribution is 0.303. The molecule has 0 atom stereocenters. The van der Waals surface area contributed by atoms with Crippen molar-refractivity contribution in [2.75, 3.05) is 12.4 Å². The van der Waals surface area contributed by atoms with Crippen LogP contribution in [0.4, 0.5) is 15.9 Å². The molecule has 0 spiro atoms. The fraction of sp³-hybridized carbons (Fsp3) is 0.226. The largest absolute Gasteiger partial charge is 0.496 e.